The second-order valence-corrected chi connectivity index (χ2v) is 6.31. The van der Waals surface area contributed by atoms with Crippen LogP contribution in [0.5, 0.6) is 5.75 Å². The maximum atomic E-state index is 13.2. The molecule has 2 aliphatic heterocycles. The summed E-state index contributed by atoms with van der Waals surface area (Å²) in [4.78, 5) is 16.6. The number of alkyl halides is 2. The molecule has 4 rings (SSSR count). The summed E-state index contributed by atoms with van der Waals surface area (Å²) in [6, 6.07) is 10.2. The lowest BCUT2D eigenvalue weighted by molar-refractivity contribution is -0.118. The Morgan fingerprint density at radius 2 is 2.07 bits per heavy atom. The lowest BCUT2D eigenvalue weighted by Gasteiger charge is -2.11. The molecule has 1 aromatic carbocycles. The summed E-state index contributed by atoms with van der Waals surface area (Å²) >= 11 is 0. The van der Waals surface area contributed by atoms with Gasteiger partial charge in [0.25, 0.3) is 5.92 Å². The summed E-state index contributed by atoms with van der Waals surface area (Å²) in [5.74, 6) is -2.11. The number of amides is 1. The number of aromatic nitrogens is 1. The van der Waals surface area contributed by atoms with E-state index in [-0.39, 0.29) is 24.8 Å². The van der Waals surface area contributed by atoms with Crippen LogP contribution in [0.2, 0.25) is 0 Å². The number of carbonyl (C=O) groups is 1. The van der Waals surface area contributed by atoms with E-state index < -0.39 is 30.8 Å². The molecule has 0 spiro atoms. The molecular formula is C18H19Cl2F2N3O2. The van der Waals surface area contributed by atoms with E-state index in [4.69, 9.17) is 4.74 Å². The van der Waals surface area contributed by atoms with E-state index in [2.05, 4.69) is 15.6 Å². The summed E-state index contributed by atoms with van der Waals surface area (Å²) in [7, 11) is 0. The van der Waals surface area contributed by atoms with E-state index in [0.29, 0.717) is 18.1 Å². The number of nitrogens with zero attached hydrogens (tertiary/aromatic N) is 1. The van der Waals surface area contributed by atoms with Gasteiger partial charge in [0.1, 0.15) is 11.6 Å². The maximum Gasteiger partial charge on any atom is 0.262 e. The van der Waals surface area contributed by atoms with Crippen LogP contribution in [0.3, 0.4) is 0 Å². The molecular weight excluding hydrogens is 399 g/mol. The highest BCUT2D eigenvalue weighted by molar-refractivity contribution is 5.94. The standard InChI is InChI=1S/C18H17F2N3O2.2ClH/c19-18(20)9-14(21-10-18)17(24)23-16-3-1-2-13(22-16)11-4-5-15-12(8-11)6-7-25-15;;/h1-5,8,14,21H,6-7,9-10H2,(H,22,23,24);2*1H. The zero-order chi connectivity index (χ0) is 17.4. The van der Waals surface area contributed by atoms with Crippen LogP contribution in [0.4, 0.5) is 14.6 Å². The van der Waals surface area contributed by atoms with Gasteiger partial charge in [-0.2, -0.15) is 0 Å². The minimum Gasteiger partial charge on any atom is -0.493 e. The smallest absolute Gasteiger partial charge is 0.262 e. The third-order valence-corrected chi connectivity index (χ3v) is 4.41. The van der Waals surface area contributed by atoms with Crippen LogP contribution in [-0.2, 0) is 11.2 Å². The SMILES string of the molecule is Cl.Cl.O=C(Nc1cccc(-c2ccc3c(c2)CCO3)n1)C1CC(F)(F)CN1. The van der Waals surface area contributed by atoms with Crippen LogP contribution in [0.15, 0.2) is 36.4 Å². The molecule has 5 nitrogen and oxygen atoms in total. The van der Waals surface area contributed by atoms with Crippen molar-refractivity contribution < 1.29 is 18.3 Å². The van der Waals surface area contributed by atoms with E-state index >= 15 is 0 Å². The van der Waals surface area contributed by atoms with Gasteiger partial charge in [-0.1, -0.05) is 6.07 Å². The number of halogens is 4. The van der Waals surface area contributed by atoms with E-state index in [9.17, 15) is 13.6 Å². The monoisotopic (exact) mass is 417 g/mol. The van der Waals surface area contributed by atoms with E-state index in [1.165, 1.54) is 0 Å². The van der Waals surface area contributed by atoms with Crippen molar-refractivity contribution in [3.05, 3.63) is 42.0 Å². The maximum absolute atomic E-state index is 13.2. The van der Waals surface area contributed by atoms with Crippen LogP contribution >= 0.6 is 24.8 Å². The molecule has 1 amide bonds. The number of hydrogen-bond donors (Lipinski definition) is 2. The van der Waals surface area contributed by atoms with Crippen LogP contribution in [0, 0.1) is 0 Å². The highest BCUT2D eigenvalue weighted by Gasteiger charge is 2.42. The summed E-state index contributed by atoms with van der Waals surface area (Å²) in [5.41, 5.74) is 2.76. The van der Waals surface area contributed by atoms with Crippen molar-refractivity contribution in [1.82, 2.24) is 10.3 Å². The molecule has 27 heavy (non-hydrogen) atoms. The first-order valence-electron chi connectivity index (χ1n) is 8.15. The molecule has 2 aliphatic rings. The van der Waals surface area contributed by atoms with Crippen molar-refractivity contribution in [3.8, 4) is 17.0 Å². The van der Waals surface area contributed by atoms with Gasteiger partial charge in [0.2, 0.25) is 5.91 Å². The van der Waals surface area contributed by atoms with Gasteiger partial charge in [-0.15, -0.1) is 24.8 Å². The number of ether oxygens (including phenoxy) is 1. The van der Waals surface area contributed by atoms with Crippen molar-refractivity contribution in [1.29, 1.82) is 0 Å². The average Bonchev–Trinajstić information content (AvgIpc) is 3.20. The molecule has 9 heteroatoms. The zero-order valence-electron chi connectivity index (χ0n) is 14.2. The summed E-state index contributed by atoms with van der Waals surface area (Å²) in [6.07, 6.45) is 0.366. The molecule has 0 bridgehead atoms. The molecule has 1 atom stereocenters. The number of hydrogen-bond acceptors (Lipinski definition) is 4. The summed E-state index contributed by atoms with van der Waals surface area (Å²) in [5, 5.41) is 5.15. The van der Waals surface area contributed by atoms with Crippen molar-refractivity contribution in [2.75, 3.05) is 18.5 Å². The summed E-state index contributed by atoms with van der Waals surface area (Å²) < 4.78 is 31.9. The lowest BCUT2D eigenvalue weighted by atomic mass is 10.1. The van der Waals surface area contributed by atoms with Crippen molar-refractivity contribution in [3.63, 3.8) is 0 Å². The fourth-order valence-electron chi connectivity index (χ4n) is 3.13. The molecule has 146 valence electrons. The molecule has 2 N–H and O–H groups in total. The second-order valence-electron chi connectivity index (χ2n) is 6.31. The van der Waals surface area contributed by atoms with Gasteiger partial charge < -0.3 is 10.1 Å². The first-order chi connectivity index (χ1) is 12.0. The molecule has 2 aromatic rings. The Kier molecular flexibility index (Phi) is 6.62. The van der Waals surface area contributed by atoms with Gasteiger partial charge in [0.05, 0.1) is 24.9 Å². The highest BCUT2D eigenvalue weighted by atomic mass is 35.5. The predicted molar refractivity (Wildman–Crippen MR) is 103 cm³/mol. The predicted octanol–water partition coefficient (Wildman–Crippen LogP) is 3.46. The van der Waals surface area contributed by atoms with Crippen molar-refractivity contribution in [2.24, 2.45) is 0 Å². The van der Waals surface area contributed by atoms with E-state index in [1.54, 1.807) is 12.1 Å². The number of anilines is 1. The van der Waals surface area contributed by atoms with Crippen LogP contribution in [0.1, 0.15) is 12.0 Å². The van der Waals surface area contributed by atoms with Gasteiger partial charge in [-0.25, -0.2) is 13.8 Å². The topological polar surface area (TPSA) is 63.2 Å². The molecule has 1 unspecified atom stereocenters. The van der Waals surface area contributed by atoms with E-state index in [0.717, 1.165) is 23.3 Å². The van der Waals surface area contributed by atoms with E-state index in [1.807, 2.05) is 24.3 Å². The zero-order valence-corrected chi connectivity index (χ0v) is 15.8. The molecule has 1 aromatic heterocycles. The van der Waals surface area contributed by atoms with Crippen molar-refractivity contribution >= 4 is 36.5 Å². The fourth-order valence-corrected chi connectivity index (χ4v) is 3.13. The van der Waals surface area contributed by atoms with Gasteiger partial charge >= 0.3 is 0 Å². The molecule has 0 radical (unpaired) electrons. The van der Waals surface area contributed by atoms with Crippen LogP contribution < -0.4 is 15.4 Å². The Bertz CT molecular complexity index is 836. The number of fused-ring (bicyclic) bond motifs is 1. The largest absolute Gasteiger partial charge is 0.493 e. The number of rotatable bonds is 3. The third kappa shape index (κ3) is 4.66. The molecule has 1 saturated heterocycles. The Morgan fingerprint density at radius 3 is 2.81 bits per heavy atom. The number of pyridine rings is 1. The van der Waals surface area contributed by atoms with Crippen LogP contribution in [-0.4, -0.2) is 36.0 Å². The Hall–Kier alpha value is -1.96. The number of carbonyl (C=O) groups excluding carboxylic acids is 1. The lowest BCUT2D eigenvalue weighted by Crippen LogP contribution is -2.35. The van der Waals surface area contributed by atoms with Crippen LogP contribution in [0.25, 0.3) is 11.3 Å². The first-order valence-corrected chi connectivity index (χ1v) is 8.15. The Morgan fingerprint density at radius 1 is 1.26 bits per heavy atom. The molecule has 0 aliphatic carbocycles. The van der Waals surface area contributed by atoms with Gasteiger partial charge in [0, 0.05) is 18.4 Å². The first kappa shape index (κ1) is 21.3. The van der Waals surface area contributed by atoms with Gasteiger partial charge in [0.15, 0.2) is 0 Å². The Balaban J connectivity index is 0.00000131. The number of nitrogens with one attached hydrogen (secondary N) is 2. The minimum atomic E-state index is -2.84. The highest BCUT2D eigenvalue weighted by Crippen LogP contribution is 2.30. The second kappa shape index (κ2) is 8.37. The van der Waals surface area contributed by atoms with Gasteiger partial charge in [-0.05, 0) is 35.9 Å². The molecule has 1 fully saturated rings. The average molecular weight is 418 g/mol. The quantitative estimate of drug-likeness (QED) is 0.802. The molecule has 0 saturated carbocycles. The molecule has 3 heterocycles. The Labute approximate surface area is 167 Å². The van der Waals surface area contributed by atoms with Crippen molar-refractivity contribution in [2.45, 2.75) is 24.8 Å². The van der Waals surface area contributed by atoms with Gasteiger partial charge in [-0.3, -0.25) is 10.1 Å². The number of benzene rings is 1. The normalized spacial score (nSPS) is 19.3. The minimum absolute atomic E-state index is 0. The third-order valence-electron chi connectivity index (χ3n) is 4.41. The fraction of sp³-hybridized carbons (Fsp3) is 0.333. The summed E-state index contributed by atoms with van der Waals surface area (Å²) in [6.45, 7) is 0.205.